The van der Waals surface area contributed by atoms with Crippen molar-refractivity contribution in [3.8, 4) is 5.75 Å². The SMILES string of the molecule is Cc1ccc(C(=O)NCc2ccncc2C)cc1O. The highest BCUT2D eigenvalue weighted by Crippen LogP contribution is 2.17. The van der Waals surface area contributed by atoms with E-state index in [2.05, 4.69) is 10.3 Å². The Morgan fingerprint density at radius 3 is 2.74 bits per heavy atom. The zero-order chi connectivity index (χ0) is 13.8. The largest absolute Gasteiger partial charge is 0.508 e. The minimum Gasteiger partial charge on any atom is -0.508 e. The summed E-state index contributed by atoms with van der Waals surface area (Å²) in [6.07, 6.45) is 3.46. The highest BCUT2D eigenvalue weighted by molar-refractivity contribution is 5.94. The van der Waals surface area contributed by atoms with Crippen LogP contribution in [0.2, 0.25) is 0 Å². The third-order valence-electron chi connectivity index (χ3n) is 3.05. The van der Waals surface area contributed by atoms with Gasteiger partial charge >= 0.3 is 0 Å². The zero-order valence-electron chi connectivity index (χ0n) is 11.0. The van der Waals surface area contributed by atoms with Crippen LogP contribution in [-0.4, -0.2) is 16.0 Å². The number of benzene rings is 1. The van der Waals surface area contributed by atoms with Crippen molar-refractivity contribution in [2.45, 2.75) is 20.4 Å². The van der Waals surface area contributed by atoms with Crippen molar-refractivity contribution < 1.29 is 9.90 Å². The van der Waals surface area contributed by atoms with Crippen LogP contribution in [0.1, 0.15) is 27.0 Å². The third kappa shape index (κ3) is 3.10. The van der Waals surface area contributed by atoms with E-state index < -0.39 is 0 Å². The molecule has 1 amide bonds. The molecule has 0 radical (unpaired) electrons. The van der Waals surface area contributed by atoms with Crippen LogP contribution in [0.25, 0.3) is 0 Å². The van der Waals surface area contributed by atoms with Crippen LogP contribution in [0, 0.1) is 13.8 Å². The lowest BCUT2D eigenvalue weighted by molar-refractivity contribution is 0.0950. The van der Waals surface area contributed by atoms with Gasteiger partial charge in [-0.2, -0.15) is 0 Å². The Morgan fingerprint density at radius 2 is 2.05 bits per heavy atom. The Morgan fingerprint density at radius 1 is 1.26 bits per heavy atom. The molecule has 1 aromatic carbocycles. The van der Waals surface area contributed by atoms with E-state index in [4.69, 9.17) is 0 Å². The van der Waals surface area contributed by atoms with Gasteiger partial charge in [0, 0.05) is 24.5 Å². The fourth-order valence-electron chi connectivity index (χ4n) is 1.73. The van der Waals surface area contributed by atoms with Gasteiger partial charge < -0.3 is 10.4 Å². The second-order valence-electron chi connectivity index (χ2n) is 4.49. The van der Waals surface area contributed by atoms with E-state index in [1.807, 2.05) is 13.0 Å². The van der Waals surface area contributed by atoms with E-state index in [9.17, 15) is 9.90 Å². The van der Waals surface area contributed by atoms with Gasteiger partial charge in [0.1, 0.15) is 5.75 Å². The number of nitrogens with one attached hydrogen (secondary N) is 1. The highest BCUT2D eigenvalue weighted by Gasteiger charge is 2.08. The fourth-order valence-corrected chi connectivity index (χ4v) is 1.73. The number of hydrogen-bond acceptors (Lipinski definition) is 3. The number of hydrogen-bond donors (Lipinski definition) is 2. The lowest BCUT2D eigenvalue weighted by Gasteiger charge is -2.08. The Balaban J connectivity index is 2.05. The molecule has 0 bridgehead atoms. The molecule has 1 heterocycles. The van der Waals surface area contributed by atoms with Gasteiger partial charge in [-0.15, -0.1) is 0 Å². The van der Waals surface area contributed by atoms with E-state index >= 15 is 0 Å². The molecule has 0 saturated heterocycles. The van der Waals surface area contributed by atoms with Gasteiger partial charge in [0.05, 0.1) is 0 Å². The molecule has 0 aliphatic rings. The summed E-state index contributed by atoms with van der Waals surface area (Å²) in [6, 6.07) is 6.78. The Kier molecular flexibility index (Phi) is 3.80. The first-order valence-corrected chi connectivity index (χ1v) is 6.05. The number of pyridine rings is 1. The minimum atomic E-state index is -0.202. The topological polar surface area (TPSA) is 62.2 Å². The standard InChI is InChI=1S/C15H16N2O2/c1-10-3-4-12(7-14(10)18)15(19)17-9-13-5-6-16-8-11(13)2/h3-8,18H,9H2,1-2H3,(H,17,19). The van der Waals surface area contributed by atoms with E-state index in [1.54, 1.807) is 31.5 Å². The first-order chi connectivity index (χ1) is 9.08. The second-order valence-corrected chi connectivity index (χ2v) is 4.49. The molecule has 1 aromatic heterocycles. The summed E-state index contributed by atoms with van der Waals surface area (Å²) in [6.45, 7) is 4.19. The number of carbonyl (C=O) groups is 1. The first kappa shape index (κ1) is 13.1. The van der Waals surface area contributed by atoms with Gasteiger partial charge in [-0.25, -0.2) is 0 Å². The summed E-state index contributed by atoms with van der Waals surface area (Å²) in [7, 11) is 0. The van der Waals surface area contributed by atoms with E-state index in [0.29, 0.717) is 12.1 Å². The molecular weight excluding hydrogens is 240 g/mol. The summed E-state index contributed by atoms with van der Waals surface area (Å²) >= 11 is 0. The number of aromatic hydroxyl groups is 1. The molecule has 0 unspecified atom stereocenters. The first-order valence-electron chi connectivity index (χ1n) is 6.05. The number of nitrogens with zero attached hydrogens (tertiary/aromatic N) is 1. The van der Waals surface area contributed by atoms with Crippen molar-refractivity contribution in [3.05, 3.63) is 58.9 Å². The maximum absolute atomic E-state index is 12.0. The molecule has 2 aromatic rings. The van der Waals surface area contributed by atoms with Crippen molar-refractivity contribution >= 4 is 5.91 Å². The molecule has 0 spiro atoms. The van der Waals surface area contributed by atoms with Gasteiger partial charge in [-0.3, -0.25) is 9.78 Å². The average molecular weight is 256 g/mol. The van der Waals surface area contributed by atoms with Crippen molar-refractivity contribution in [1.29, 1.82) is 0 Å². The monoisotopic (exact) mass is 256 g/mol. The smallest absolute Gasteiger partial charge is 0.251 e. The van der Waals surface area contributed by atoms with E-state index in [1.165, 1.54) is 6.07 Å². The zero-order valence-corrected chi connectivity index (χ0v) is 11.0. The van der Waals surface area contributed by atoms with Gasteiger partial charge in [0.25, 0.3) is 5.91 Å². The fraction of sp³-hybridized carbons (Fsp3) is 0.200. The van der Waals surface area contributed by atoms with Crippen LogP contribution >= 0.6 is 0 Å². The summed E-state index contributed by atoms with van der Waals surface area (Å²) in [4.78, 5) is 16.0. The molecule has 0 saturated carbocycles. The third-order valence-corrected chi connectivity index (χ3v) is 3.05. The van der Waals surface area contributed by atoms with Gasteiger partial charge in [0.15, 0.2) is 0 Å². The Labute approximate surface area is 112 Å². The molecule has 0 aliphatic heterocycles. The number of aromatic nitrogens is 1. The Hall–Kier alpha value is -2.36. The molecule has 4 nitrogen and oxygen atoms in total. The molecule has 0 atom stereocenters. The van der Waals surface area contributed by atoms with E-state index in [0.717, 1.165) is 16.7 Å². The quantitative estimate of drug-likeness (QED) is 0.886. The lowest BCUT2D eigenvalue weighted by Crippen LogP contribution is -2.23. The number of rotatable bonds is 3. The molecule has 98 valence electrons. The van der Waals surface area contributed by atoms with Crippen molar-refractivity contribution in [1.82, 2.24) is 10.3 Å². The predicted molar refractivity (Wildman–Crippen MR) is 73.0 cm³/mol. The van der Waals surface area contributed by atoms with Crippen LogP contribution in [0.4, 0.5) is 0 Å². The number of aryl methyl sites for hydroxylation is 2. The normalized spacial score (nSPS) is 10.2. The van der Waals surface area contributed by atoms with Crippen LogP contribution < -0.4 is 5.32 Å². The molecule has 2 N–H and O–H groups in total. The van der Waals surface area contributed by atoms with Crippen molar-refractivity contribution in [2.24, 2.45) is 0 Å². The summed E-state index contributed by atoms with van der Waals surface area (Å²) < 4.78 is 0. The molecule has 19 heavy (non-hydrogen) atoms. The lowest BCUT2D eigenvalue weighted by atomic mass is 10.1. The summed E-state index contributed by atoms with van der Waals surface area (Å²) in [5.41, 5.74) is 3.27. The molecule has 0 aliphatic carbocycles. The van der Waals surface area contributed by atoms with Gasteiger partial charge in [-0.05, 0) is 48.7 Å². The maximum atomic E-state index is 12.0. The molecule has 0 fully saturated rings. The molecule has 4 heteroatoms. The number of amides is 1. The predicted octanol–water partition coefficient (Wildman–Crippen LogP) is 2.33. The van der Waals surface area contributed by atoms with Crippen LogP contribution in [0.3, 0.4) is 0 Å². The van der Waals surface area contributed by atoms with Crippen LogP contribution in [-0.2, 0) is 6.54 Å². The molecule has 2 rings (SSSR count). The second kappa shape index (κ2) is 5.52. The highest BCUT2D eigenvalue weighted by atomic mass is 16.3. The number of phenols is 1. The Bertz CT molecular complexity index is 609. The summed E-state index contributed by atoms with van der Waals surface area (Å²) in [5, 5.41) is 12.4. The number of carbonyl (C=O) groups excluding carboxylic acids is 1. The minimum absolute atomic E-state index is 0.132. The van der Waals surface area contributed by atoms with Crippen LogP contribution in [0.15, 0.2) is 36.7 Å². The summed E-state index contributed by atoms with van der Waals surface area (Å²) in [5.74, 6) is -0.0701. The van der Waals surface area contributed by atoms with Crippen LogP contribution in [0.5, 0.6) is 5.75 Å². The van der Waals surface area contributed by atoms with Crippen molar-refractivity contribution in [3.63, 3.8) is 0 Å². The maximum Gasteiger partial charge on any atom is 0.251 e. The average Bonchev–Trinajstić information content (AvgIpc) is 2.40. The van der Waals surface area contributed by atoms with Crippen molar-refractivity contribution in [2.75, 3.05) is 0 Å². The van der Waals surface area contributed by atoms with Gasteiger partial charge in [0.2, 0.25) is 0 Å². The molecular formula is C15H16N2O2. The number of phenolic OH excluding ortho intramolecular Hbond substituents is 1. The van der Waals surface area contributed by atoms with Gasteiger partial charge in [-0.1, -0.05) is 6.07 Å². The van der Waals surface area contributed by atoms with E-state index in [-0.39, 0.29) is 11.7 Å².